The highest BCUT2D eigenvalue weighted by Gasteiger charge is 2.27. The molecule has 2 atom stereocenters. The number of benzene rings is 1. The van der Waals surface area contributed by atoms with E-state index in [1.807, 2.05) is 0 Å². The van der Waals surface area contributed by atoms with Crippen molar-refractivity contribution in [1.82, 2.24) is 10.6 Å². The summed E-state index contributed by atoms with van der Waals surface area (Å²) in [5.74, 6) is 0.804. The van der Waals surface area contributed by atoms with Gasteiger partial charge in [0.15, 0.2) is 0 Å². The lowest BCUT2D eigenvalue weighted by Crippen LogP contribution is -2.50. The average Bonchev–Trinajstić information content (AvgIpc) is 2.63. The van der Waals surface area contributed by atoms with Crippen LogP contribution < -0.4 is 15.5 Å². The van der Waals surface area contributed by atoms with E-state index < -0.39 is 0 Å². The summed E-state index contributed by atoms with van der Waals surface area (Å²) in [6.45, 7) is 7.66. The van der Waals surface area contributed by atoms with Crippen molar-refractivity contribution in [2.75, 3.05) is 31.1 Å². The molecule has 1 amide bonds. The van der Waals surface area contributed by atoms with Crippen LogP contribution >= 0.6 is 0 Å². The van der Waals surface area contributed by atoms with Crippen LogP contribution in [0.15, 0.2) is 18.2 Å². The average molecular weight is 360 g/mol. The molecular weight excluding hydrogens is 332 g/mol. The summed E-state index contributed by atoms with van der Waals surface area (Å²) in [4.78, 5) is 25.9. The van der Waals surface area contributed by atoms with E-state index in [2.05, 4.69) is 29.4 Å². The van der Waals surface area contributed by atoms with Crippen LogP contribution in [0.2, 0.25) is 0 Å². The third kappa shape index (κ3) is 4.15. The number of rotatable bonds is 4. The normalized spacial score (nSPS) is 24.3. The van der Waals surface area contributed by atoms with Crippen molar-refractivity contribution in [3.05, 3.63) is 33.9 Å². The second kappa shape index (κ2) is 8.03. The van der Waals surface area contributed by atoms with Crippen molar-refractivity contribution in [3.63, 3.8) is 0 Å². The predicted molar refractivity (Wildman–Crippen MR) is 102 cm³/mol. The van der Waals surface area contributed by atoms with E-state index in [9.17, 15) is 14.9 Å². The van der Waals surface area contributed by atoms with Gasteiger partial charge in [0.05, 0.1) is 4.92 Å². The van der Waals surface area contributed by atoms with Crippen LogP contribution in [0.5, 0.6) is 0 Å². The van der Waals surface area contributed by atoms with E-state index in [0.29, 0.717) is 23.1 Å². The van der Waals surface area contributed by atoms with E-state index in [4.69, 9.17) is 0 Å². The van der Waals surface area contributed by atoms with Gasteiger partial charge in [-0.25, -0.2) is 0 Å². The van der Waals surface area contributed by atoms with Crippen LogP contribution in [0, 0.1) is 22.0 Å². The number of nitro benzene ring substituents is 1. The van der Waals surface area contributed by atoms with Crippen molar-refractivity contribution in [2.24, 2.45) is 11.8 Å². The van der Waals surface area contributed by atoms with Gasteiger partial charge in [0.2, 0.25) is 0 Å². The van der Waals surface area contributed by atoms with Gasteiger partial charge in [0.1, 0.15) is 5.69 Å². The molecule has 2 aliphatic heterocycles. The molecule has 1 aromatic carbocycles. The zero-order chi connectivity index (χ0) is 18.7. The monoisotopic (exact) mass is 360 g/mol. The smallest absolute Gasteiger partial charge is 0.293 e. The second-order valence-electron chi connectivity index (χ2n) is 7.68. The number of nitrogens with one attached hydrogen (secondary N) is 2. The van der Waals surface area contributed by atoms with Gasteiger partial charge in [-0.15, -0.1) is 0 Å². The molecule has 7 nitrogen and oxygen atoms in total. The molecule has 0 aliphatic carbocycles. The molecule has 2 aliphatic rings. The Balaban J connectivity index is 1.77. The maximum atomic E-state index is 12.6. The number of amides is 1. The molecule has 2 fully saturated rings. The molecule has 2 saturated heterocycles. The molecule has 2 heterocycles. The Bertz CT molecular complexity index is 671. The first-order valence-electron chi connectivity index (χ1n) is 9.50. The number of nitrogens with zero attached hydrogens (tertiary/aromatic N) is 2. The van der Waals surface area contributed by atoms with Gasteiger partial charge in [-0.2, -0.15) is 0 Å². The molecule has 2 N–H and O–H groups in total. The fourth-order valence-corrected chi connectivity index (χ4v) is 3.76. The Morgan fingerprint density at radius 3 is 2.65 bits per heavy atom. The first kappa shape index (κ1) is 18.6. The van der Waals surface area contributed by atoms with Crippen molar-refractivity contribution in [1.29, 1.82) is 0 Å². The third-order valence-electron chi connectivity index (χ3n) is 5.70. The number of carbonyl (C=O) groups excluding carboxylic acids is 1. The Morgan fingerprint density at radius 1 is 1.27 bits per heavy atom. The summed E-state index contributed by atoms with van der Waals surface area (Å²) in [6.07, 6.45) is 3.08. The van der Waals surface area contributed by atoms with E-state index >= 15 is 0 Å². The first-order chi connectivity index (χ1) is 12.5. The lowest BCUT2D eigenvalue weighted by Gasteiger charge is -2.32. The van der Waals surface area contributed by atoms with E-state index in [1.54, 1.807) is 12.1 Å². The number of carbonyl (C=O) groups is 1. The van der Waals surface area contributed by atoms with E-state index in [-0.39, 0.29) is 22.6 Å². The van der Waals surface area contributed by atoms with Gasteiger partial charge in [0.25, 0.3) is 11.6 Å². The summed E-state index contributed by atoms with van der Waals surface area (Å²) in [5, 5.41) is 17.9. The van der Waals surface area contributed by atoms with Crippen molar-refractivity contribution >= 4 is 17.3 Å². The molecule has 26 heavy (non-hydrogen) atoms. The number of hydrogen-bond acceptors (Lipinski definition) is 5. The van der Waals surface area contributed by atoms with Crippen LogP contribution in [-0.2, 0) is 0 Å². The molecule has 0 saturated carbocycles. The highest BCUT2D eigenvalue weighted by atomic mass is 16.6. The number of nitro groups is 1. The predicted octanol–water partition coefficient (Wildman–Crippen LogP) is 2.56. The van der Waals surface area contributed by atoms with Crippen LogP contribution in [0.4, 0.5) is 11.4 Å². The van der Waals surface area contributed by atoms with Gasteiger partial charge < -0.3 is 15.5 Å². The summed E-state index contributed by atoms with van der Waals surface area (Å²) in [7, 11) is 0. The van der Waals surface area contributed by atoms with Crippen LogP contribution in [0.25, 0.3) is 0 Å². The maximum Gasteiger partial charge on any atom is 0.293 e. The zero-order valence-corrected chi connectivity index (χ0v) is 15.5. The van der Waals surface area contributed by atoms with Crippen molar-refractivity contribution < 1.29 is 9.72 Å². The van der Waals surface area contributed by atoms with Gasteiger partial charge in [0, 0.05) is 37.3 Å². The highest BCUT2D eigenvalue weighted by Crippen LogP contribution is 2.32. The zero-order valence-electron chi connectivity index (χ0n) is 15.5. The SMILES string of the molecule is CC1CCN(c2ccc(C(=O)NC3CNCCC3C)cc2[N+](=O)[O-])CC1. The topological polar surface area (TPSA) is 87.5 Å². The Kier molecular flexibility index (Phi) is 5.76. The molecule has 0 aromatic heterocycles. The number of piperidine rings is 2. The van der Waals surface area contributed by atoms with Crippen LogP contribution in [-0.4, -0.2) is 43.1 Å². The largest absolute Gasteiger partial charge is 0.366 e. The van der Waals surface area contributed by atoms with Crippen LogP contribution in [0.3, 0.4) is 0 Å². The summed E-state index contributed by atoms with van der Waals surface area (Å²) >= 11 is 0. The first-order valence-corrected chi connectivity index (χ1v) is 9.50. The van der Waals surface area contributed by atoms with E-state index in [1.165, 1.54) is 6.07 Å². The minimum absolute atomic E-state index is 0.0158. The molecule has 2 unspecified atom stereocenters. The van der Waals surface area contributed by atoms with E-state index in [0.717, 1.165) is 45.4 Å². The molecular formula is C19H28N4O3. The minimum atomic E-state index is -0.380. The lowest BCUT2D eigenvalue weighted by molar-refractivity contribution is -0.384. The number of anilines is 1. The van der Waals surface area contributed by atoms with Crippen molar-refractivity contribution in [3.8, 4) is 0 Å². The molecule has 0 radical (unpaired) electrons. The molecule has 0 bridgehead atoms. The fraction of sp³-hybridized carbons (Fsp3) is 0.632. The standard InChI is InChI=1S/C19H28N4O3/c1-13-6-9-22(10-7-13)17-4-3-15(11-18(17)23(25)26)19(24)21-16-12-20-8-5-14(16)2/h3-4,11,13-14,16,20H,5-10,12H2,1-2H3,(H,21,24). The molecule has 0 spiro atoms. The molecule has 1 aromatic rings. The summed E-state index contributed by atoms with van der Waals surface area (Å²) < 4.78 is 0. The fourth-order valence-electron chi connectivity index (χ4n) is 3.76. The molecule has 7 heteroatoms. The third-order valence-corrected chi connectivity index (χ3v) is 5.70. The van der Waals surface area contributed by atoms with Gasteiger partial charge in [-0.1, -0.05) is 13.8 Å². The Labute approximate surface area is 154 Å². The maximum absolute atomic E-state index is 12.6. The minimum Gasteiger partial charge on any atom is -0.366 e. The number of hydrogen-bond donors (Lipinski definition) is 2. The quantitative estimate of drug-likeness (QED) is 0.636. The van der Waals surface area contributed by atoms with Crippen LogP contribution in [0.1, 0.15) is 43.5 Å². The second-order valence-corrected chi connectivity index (χ2v) is 7.68. The van der Waals surface area contributed by atoms with Gasteiger partial charge in [-0.3, -0.25) is 14.9 Å². The lowest BCUT2D eigenvalue weighted by atomic mass is 9.94. The summed E-state index contributed by atoms with van der Waals surface area (Å²) in [6, 6.07) is 4.91. The van der Waals surface area contributed by atoms with Crippen molar-refractivity contribution in [2.45, 2.75) is 39.2 Å². The van der Waals surface area contributed by atoms with Gasteiger partial charge >= 0.3 is 0 Å². The summed E-state index contributed by atoms with van der Waals surface area (Å²) in [5.41, 5.74) is 0.983. The molecule has 142 valence electrons. The Morgan fingerprint density at radius 2 is 2.00 bits per heavy atom. The molecule has 3 rings (SSSR count). The van der Waals surface area contributed by atoms with Gasteiger partial charge in [-0.05, 0) is 49.8 Å². The highest BCUT2D eigenvalue weighted by molar-refractivity contribution is 5.96. The Hall–Kier alpha value is -2.15.